The number of carbonyl (C=O) groups is 1. The Hall–Kier alpha value is -2.37. The van der Waals surface area contributed by atoms with Crippen LogP contribution in [0.1, 0.15) is 10.6 Å². The summed E-state index contributed by atoms with van der Waals surface area (Å²) < 4.78 is 5.13. The average molecular weight is 258 g/mol. The summed E-state index contributed by atoms with van der Waals surface area (Å²) in [5.74, 6) is 1.20. The third-order valence-corrected chi connectivity index (χ3v) is 3.17. The van der Waals surface area contributed by atoms with Crippen molar-refractivity contribution >= 4 is 11.7 Å². The van der Waals surface area contributed by atoms with E-state index in [1.807, 2.05) is 0 Å². The molecule has 2 aromatic rings. The van der Waals surface area contributed by atoms with Gasteiger partial charge in [0, 0.05) is 38.6 Å². The standard InChI is InChI=1S/C13H14N4O2/c18-13(11-2-1-9-19-11)17-7-5-16(6-8-17)12-10-14-3-4-15-12/h1-4,9-10H,5-8H2. The highest BCUT2D eigenvalue weighted by molar-refractivity contribution is 5.91. The van der Waals surface area contributed by atoms with Gasteiger partial charge in [-0.3, -0.25) is 9.78 Å². The van der Waals surface area contributed by atoms with E-state index in [2.05, 4.69) is 14.9 Å². The Morgan fingerprint density at radius 3 is 2.68 bits per heavy atom. The van der Waals surface area contributed by atoms with Crippen molar-refractivity contribution < 1.29 is 9.21 Å². The lowest BCUT2D eigenvalue weighted by Gasteiger charge is -2.34. The highest BCUT2D eigenvalue weighted by atomic mass is 16.3. The number of amides is 1. The van der Waals surface area contributed by atoms with Crippen LogP contribution in [0.15, 0.2) is 41.4 Å². The molecule has 0 N–H and O–H groups in total. The number of nitrogens with zero attached hydrogens (tertiary/aromatic N) is 4. The average Bonchev–Trinajstić information content (AvgIpc) is 3.02. The van der Waals surface area contributed by atoms with Gasteiger partial charge in [-0.15, -0.1) is 0 Å². The number of hydrogen-bond donors (Lipinski definition) is 0. The molecular weight excluding hydrogens is 244 g/mol. The first-order valence-corrected chi connectivity index (χ1v) is 6.18. The van der Waals surface area contributed by atoms with Crippen LogP contribution in [0.4, 0.5) is 5.82 Å². The van der Waals surface area contributed by atoms with E-state index in [1.165, 1.54) is 6.26 Å². The maximum atomic E-state index is 12.1. The number of rotatable bonds is 2. The van der Waals surface area contributed by atoms with Gasteiger partial charge in [0.05, 0.1) is 12.5 Å². The van der Waals surface area contributed by atoms with Gasteiger partial charge in [0.1, 0.15) is 5.82 Å². The molecule has 98 valence electrons. The molecule has 2 aromatic heterocycles. The smallest absolute Gasteiger partial charge is 0.289 e. The maximum Gasteiger partial charge on any atom is 0.289 e. The van der Waals surface area contributed by atoms with Gasteiger partial charge in [-0.2, -0.15) is 0 Å². The molecule has 3 rings (SSSR count). The minimum atomic E-state index is -0.0520. The first-order valence-electron chi connectivity index (χ1n) is 6.18. The van der Waals surface area contributed by atoms with E-state index < -0.39 is 0 Å². The van der Waals surface area contributed by atoms with Crippen LogP contribution in [0.3, 0.4) is 0 Å². The third-order valence-electron chi connectivity index (χ3n) is 3.17. The van der Waals surface area contributed by atoms with Crippen LogP contribution in [-0.2, 0) is 0 Å². The fourth-order valence-electron chi connectivity index (χ4n) is 2.15. The molecule has 1 fully saturated rings. The second-order valence-electron chi connectivity index (χ2n) is 4.32. The second kappa shape index (κ2) is 5.09. The molecule has 1 aliphatic rings. The number of piperazine rings is 1. The lowest BCUT2D eigenvalue weighted by molar-refractivity contribution is 0.0714. The largest absolute Gasteiger partial charge is 0.459 e. The van der Waals surface area contributed by atoms with Gasteiger partial charge >= 0.3 is 0 Å². The molecule has 1 aliphatic heterocycles. The summed E-state index contributed by atoms with van der Waals surface area (Å²) in [4.78, 5) is 24.3. The molecule has 0 aromatic carbocycles. The van der Waals surface area contributed by atoms with Crippen LogP contribution in [0, 0.1) is 0 Å². The fourth-order valence-corrected chi connectivity index (χ4v) is 2.15. The van der Waals surface area contributed by atoms with Crippen molar-refractivity contribution in [2.75, 3.05) is 31.1 Å². The van der Waals surface area contributed by atoms with Gasteiger partial charge in [-0.05, 0) is 12.1 Å². The molecule has 3 heterocycles. The molecule has 0 aliphatic carbocycles. The molecule has 6 nitrogen and oxygen atoms in total. The Kier molecular flexibility index (Phi) is 3.14. The van der Waals surface area contributed by atoms with Crippen LogP contribution in [0.2, 0.25) is 0 Å². The molecule has 1 saturated heterocycles. The highest BCUT2D eigenvalue weighted by Crippen LogP contribution is 2.13. The van der Waals surface area contributed by atoms with Crippen molar-refractivity contribution in [1.82, 2.24) is 14.9 Å². The minimum absolute atomic E-state index is 0.0520. The van der Waals surface area contributed by atoms with Crippen molar-refractivity contribution in [3.63, 3.8) is 0 Å². The summed E-state index contributed by atoms with van der Waals surface area (Å²) in [6, 6.07) is 3.42. The molecule has 0 saturated carbocycles. The van der Waals surface area contributed by atoms with E-state index in [0.717, 1.165) is 18.9 Å². The molecule has 0 spiro atoms. The lowest BCUT2D eigenvalue weighted by Crippen LogP contribution is -2.49. The van der Waals surface area contributed by atoms with Crippen LogP contribution < -0.4 is 4.90 Å². The molecule has 0 bridgehead atoms. The number of furan rings is 1. The molecule has 19 heavy (non-hydrogen) atoms. The summed E-state index contributed by atoms with van der Waals surface area (Å²) in [5, 5.41) is 0. The Morgan fingerprint density at radius 1 is 1.21 bits per heavy atom. The van der Waals surface area contributed by atoms with Crippen LogP contribution in [-0.4, -0.2) is 47.0 Å². The Balaban J connectivity index is 1.62. The van der Waals surface area contributed by atoms with E-state index in [-0.39, 0.29) is 5.91 Å². The molecule has 0 unspecified atom stereocenters. The first kappa shape index (κ1) is 11.7. The highest BCUT2D eigenvalue weighted by Gasteiger charge is 2.24. The van der Waals surface area contributed by atoms with Crippen molar-refractivity contribution in [3.8, 4) is 0 Å². The first-order chi connectivity index (χ1) is 9.34. The Labute approximate surface area is 110 Å². The molecule has 0 radical (unpaired) electrons. The predicted octanol–water partition coefficient (Wildman–Crippen LogP) is 1.03. The van der Waals surface area contributed by atoms with E-state index in [4.69, 9.17) is 4.42 Å². The van der Waals surface area contributed by atoms with Gasteiger partial charge in [0.25, 0.3) is 5.91 Å². The van der Waals surface area contributed by atoms with Crippen molar-refractivity contribution in [2.45, 2.75) is 0 Å². The van der Waals surface area contributed by atoms with Gasteiger partial charge in [-0.25, -0.2) is 4.98 Å². The quantitative estimate of drug-likeness (QED) is 0.805. The van der Waals surface area contributed by atoms with E-state index >= 15 is 0 Å². The number of hydrogen-bond acceptors (Lipinski definition) is 5. The summed E-state index contributed by atoms with van der Waals surface area (Å²) in [6.07, 6.45) is 6.59. The molecular formula is C13H14N4O2. The summed E-state index contributed by atoms with van der Waals surface area (Å²) >= 11 is 0. The zero-order chi connectivity index (χ0) is 13.1. The normalized spacial score (nSPS) is 15.6. The minimum Gasteiger partial charge on any atom is -0.459 e. The van der Waals surface area contributed by atoms with Gasteiger partial charge < -0.3 is 14.2 Å². The zero-order valence-electron chi connectivity index (χ0n) is 10.4. The second-order valence-corrected chi connectivity index (χ2v) is 4.32. The van der Waals surface area contributed by atoms with E-state index in [0.29, 0.717) is 18.8 Å². The molecule has 0 atom stereocenters. The number of aromatic nitrogens is 2. The topological polar surface area (TPSA) is 62.5 Å². The molecule has 6 heteroatoms. The van der Waals surface area contributed by atoms with E-state index in [1.54, 1.807) is 35.6 Å². The number of carbonyl (C=O) groups excluding carboxylic acids is 1. The summed E-state index contributed by atoms with van der Waals surface area (Å²) in [7, 11) is 0. The fraction of sp³-hybridized carbons (Fsp3) is 0.308. The summed E-state index contributed by atoms with van der Waals surface area (Å²) in [5.41, 5.74) is 0. The van der Waals surface area contributed by atoms with Crippen LogP contribution in [0.25, 0.3) is 0 Å². The maximum absolute atomic E-state index is 12.1. The van der Waals surface area contributed by atoms with Gasteiger partial charge in [0.2, 0.25) is 0 Å². The summed E-state index contributed by atoms with van der Waals surface area (Å²) in [6.45, 7) is 2.84. The lowest BCUT2D eigenvalue weighted by atomic mass is 10.3. The SMILES string of the molecule is O=C(c1ccco1)N1CCN(c2cnccn2)CC1. The van der Waals surface area contributed by atoms with Crippen molar-refractivity contribution in [1.29, 1.82) is 0 Å². The zero-order valence-corrected chi connectivity index (χ0v) is 10.4. The Morgan fingerprint density at radius 2 is 2.05 bits per heavy atom. The third kappa shape index (κ3) is 2.42. The van der Waals surface area contributed by atoms with Crippen LogP contribution in [0.5, 0.6) is 0 Å². The Bertz CT molecular complexity index is 533. The predicted molar refractivity (Wildman–Crippen MR) is 68.9 cm³/mol. The number of anilines is 1. The molecule has 1 amide bonds. The van der Waals surface area contributed by atoms with Crippen molar-refractivity contribution in [2.24, 2.45) is 0 Å². The van der Waals surface area contributed by atoms with E-state index in [9.17, 15) is 4.79 Å². The monoisotopic (exact) mass is 258 g/mol. The van der Waals surface area contributed by atoms with Gasteiger partial charge in [0.15, 0.2) is 5.76 Å². The van der Waals surface area contributed by atoms with Crippen molar-refractivity contribution in [3.05, 3.63) is 42.7 Å². The van der Waals surface area contributed by atoms with Crippen LogP contribution >= 0.6 is 0 Å². The van der Waals surface area contributed by atoms with Gasteiger partial charge in [-0.1, -0.05) is 0 Å².